The highest BCUT2D eigenvalue weighted by atomic mass is 32.1. The third-order valence-corrected chi connectivity index (χ3v) is 6.19. The van der Waals surface area contributed by atoms with Gasteiger partial charge in [0.2, 0.25) is 11.8 Å². The number of likely N-dealkylation sites (tertiary alicyclic amines) is 1. The average Bonchev–Trinajstić information content (AvgIpc) is 3.08. The monoisotopic (exact) mass is 373 g/mol. The molecule has 0 saturated carbocycles. The van der Waals surface area contributed by atoms with Crippen LogP contribution in [0, 0.1) is 5.92 Å². The van der Waals surface area contributed by atoms with Crippen molar-refractivity contribution in [3.63, 3.8) is 0 Å². The molecule has 0 aliphatic carbocycles. The molecule has 2 amide bonds. The van der Waals surface area contributed by atoms with Crippen LogP contribution in [0.5, 0.6) is 0 Å². The second-order valence-electron chi connectivity index (χ2n) is 6.98. The highest BCUT2D eigenvalue weighted by molar-refractivity contribution is 7.18. The van der Waals surface area contributed by atoms with Crippen LogP contribution < -0.4 is 5.32 Å². The van der Waals surface area contributed by atoms with Gasteiger partial charge in [-0.25, -0.2) is 4.98 Å². The summed E-state index contributed by atoms with van der Waals surface area (Å²) in [5.41, 5.74) is 1.07. The van der Waals surface area contributed by atoms with Gasteiger partial charge in [0.1, 0.15) is 0 Å². The molecular formula is C20H27N3O2S. The van der Waals surface area contributed by atoms with Crippen molar-refractivity contribution in [2.45, 2.75) is 44.9 Å². The summed E-state index contributed by atoms with van der Waals surface area (Å²) in [6.07, 6.45) is 5.92. The molecule has 1 fully saturated rings. The number of benzene rings is 1. The van der Waals surface area contributed by atoms with E-state index in [1.54, 1.807) is 18.4 Å². The number of rotatable bonds is 7. The number of hydrogen-bond donors (Lipinski definition) is 1. The van der Waals surface area contributed by atoms with Crippen molar-refractivity contribution in [2.24, 2.45) is 5.92 Å². The van der Waals surface area contributed by atoms with Gasteiger partial charge in [0, 0.05) is 33.0 Å². The Bertz CT molecular complexity index is 717. The third-order valence-electron chi connectivity index (χ3n) is 5.09. The Morgan fingerprint density at radius 1 is 1.23 bits per heavy atom. The number of amides is 2. The van der Waals surface area contributed by atoms with Crippen LogP contribution in [0.2, 0.25) is 0 Å². The second kappa shape index (κ2) is 9.12. The number of para-hydroxylation sites is 1. The number of aryl methyl sites for hydroxylation is 1. The summed E-state index contributed by atoms with van der Waals surface area (Å²) in [4.78, 5) is 30.4. The van der Waals surface area contributed by atoms with Crippen molar-refractivity contribution in [3.8, 4) is 0 Å². The van der Waals surface area contributed by atoms with Crippen molar-refractivity contribution >= 4 is 33.4 Å². The molecule has 5 nitrogen and oxygen atoms in total. The predicted molar refractivity (Wildman–Crippen MR) is 105 cm³/mol. The largest absolute Gasteiger partial charge is 0.359 e. The standard InChI is InChI=1S/C20H27N3O2S/c1-21-18(24)14-15-10-12-23(13-11-15)20(25)9-5-4-8-19-22-16-6-2-3-7-17(16)26-19/h2-3,6-7,15H,4-5,8-14H2,1H3,(H,21,24). The summed E-state index contributed by atoms with van der Waals surface area (Å²) >= 11 is 1.75. The Labute approximate surface area is 158 Å². The van der Waals surface area contributed by atoms with Gasteiger partial charge in [-0.1, -0.05) is 12.1 Å². The maximum Gasteiger partial charge on any atom is 0.222 e. The van der Waals surface area contributed by atoms with Gasteiger partial charge >= 0.3 is 0 Å². The Morgan fingerprint density at radius 2 is 2.00 bits per heavy atom. The van der Waals surface area contributed by atoms with Crippen LogP contribution in [-0.4, -0.2) is 41.8 Å². The maximum atomic E-state index is 12.4. The number of nitrogens with zero attached hydrogens (tertiary/aromatic N) is 2. The van der Waals surface area contributed by atoms with Gasteiger partial charge in [-0.2, -0.15) is 0 Å². The summed E-state index contributed by atoms with van der Waals surface area (Å²) in [7, 11) is 1.68. The smallest absolute Gasteiger partial charge is 0.222 e. The van der Waals surface area contributed by atoms with Crippen molar-refractivity contribution in [1.29, 1.82) is 0 Å². The fraction of sp³-hybridized carbons (Fsp3) is 0.550. The minimum Gasteiger partial charge on any atom is -0.359 e. The van der Waals surface area contributed by atoms with Gasteiger partial charge in [0.05, 0.1) is 15.2 Å². The SMILES string of the molecule is CNC(=O)CC1CCN(C(=O)CCCCc2nc3ccccc3s2)CC1. The van der Waals surface area contributed by atoms with Crippen LogP contribution in [0.4, 0.5) is 0 Å². The molecule has 1 aromatic heterocycles. The number of nitrogens with one attached hydrogen (secondary N) is 1. The predicted octanol–water partition coefficient (Wildman–Crippen LogP) is 3.38. The fourth-order valence-corrected chi connectivity index (χ4v) is 4.50. The number of hydrogen-bond acceptors (Lipinski definition) is 4. The van der Waals surface area contributed by atoms with Crippen LogP contribution >= 0.6 is 11.3 Å². The summed E-state index contributed by atoms with van der Waals surface area (Å²) in [6.45, 7) is 1.58. The summed E-state index contributed by atoms with van der Waals surface area (Å²) in [5.74, 6) is 0.773. The lowest BCUT2D eigenvalue weighted by atomic mass is 9.93. The Kier molecular flexibility index (Phi) is 6.61. The van der Waals surface area contributed by atoms with Gasteiger partial charge < -0.3 is 10.2 Å². The van der Waals surface area contributed by atoms with Gasteiger partial charge in [0.15, 0.2) is 0 Å². The molecule has 0 radical (unpaired) electrons. The molecule has 0 unspecified atom stereocenters. The molecular weight excluding hydrogens is 346 g/mol. The van der Waals surface area contributed by atoms with E-state index in [9.17, 15) is 9.59 Å². The molecule has 0 spiro atoms. The molecule has 1 aliphatic heterocycles. The van der Waals surface area contributed by atoms with E-state index in [2.05, 4.69) is 16.4 Å². The molecule has 0 bridgehead atoms. The highest BCUT2D eigenvalue weighted by Gasteiger charge is 2.23. The maximum absolute atomic E-state index is 12.4. The van der Waals surface area contributed by atoms with E-state index < -0.39 is 0 Å². The minimum atomic E-state index is 0.102. The molecule has 140 valence electrons. The van der Waals surface area contributed by atoms with Crippen LogP contribution in [0.3, 0.4) is 0 Å². The van der Waals surface area contributed by atoms with Gasteiger partial charge in [-0.05, 0) is 50.2 Å². The Balaban J connectivity index is 1.35. The average molecular weight is 374 g/mol. The van der Waals surface area contributed by atoms with Crippen molar-refractivity contribution in [2.75, 3.05) is 20.1 Å². The lowest BCUT2D eigenvalue weighted by Gasteiger charge is -2.31. The normalized spacial score (nSPS) is 15.3. The zero-order chi connectivity index (χ0) is 18.4. The van der Waals surface area contributed by atoms with Crippen LogP contribution in [0.15, 0.2) is 24.3 Å². The molecule has 0 atom stereocenters. The molecule has 26 heavy (non-hydrogen) atoms. The van der Waals surface area contributed by atoms with Crippen LogP contribution in [0.25, 0.3) is 10.2 Å². The van der Waals surface area contributed by atoms with E-state index in [1.165, 1.54) is 4.70 Å². The van der Waals surface area contributed by atoms with E-state index in [-0.39, 0.29) is 11.8 Å². The highest BCUT2D eigenvalue weighted by Crippen LogP contribution is 2.24. The lowest BCUT2D eigenvalue weighted by Crippen LogP contribution is -2.39. The zero-order valence-electron chi connectivity index (χ0n) is 15.4. The Hall–Kier alpha value is -1.95. The number of fused-ring (bicyclic) bond motifs is 1. The summed E-state index contributed by atoms with van der Waals surface area (Å²) < 4.78 is 1.23. The van der Waals surface area contributed by atoms with E-state index in [0.717, 1.165) is 55.7 Å². The van der Waals surface area contributed by atoms with E-state index in [4.69, 9.17) is 0 Å². The van der Waals surface area contributed by atoms with Crippen molar-refractivity contribution in [3.05, 3.63) is 29.3 Å². The molecule has 3 rings (SSSR count). The summed E-state index contributed by atoms with van der Waals surface area (Å²) in [6, 6.07) is 8.21. The topological polar surface area (TPSA) is 62.3 Å². The van der Waals surface area contributed by atoms with Gasteiger partial charge in [-0.15, -0.1) is 11.3 Å². The number of thiazole rings is 1. The first-order valence-corrected chi connectivity index (χ1v) is 10.3. The second-order valence-corrected chi connectivity index (χ2v) is 8.10. The first-order chi connectivity index (χ1) is 12.7. The van der Waals surface area contributed by atoms with E-state index in [0.29, 0.717) is 18.8 Å². The molecule has 1 N–H and O–H groups in total. The number of unbranched alkanes of at least 4 members (excludes halogenated alkanes) is 1. The molecule has 2 heterocycles. The van der Waals surface area contributed by atoms with Crippen LogP contribution in [-0.2, 0) is 16.0 Å². The summed E-state index contributed by atoms with van der Waals surface area (Å²) in [5, 5.41) is 3.84. The Morgan fingerprint density at radius 3 is 2.73 bits per heavy atom. The quantitative estimate of drug-likeness (QED) is 0.757. The third kappa shape index (κ3) is 5.04. The molecule has 1 saturated heterocycles. The number of carbonyl (C=O) groups is 2. The van der Waals surface area contributed by atoms with E-state index in [1.807, 2.05) is 23.1 Å². The van der Waals surface area contributed by atoms with Crippen molar-refractivity contribution < 1.29 is 9.59 Å². The minimum absolute atomic E-state index is 0.102. The fourth-order valence-electron chi connectivity index (χ4n) is 3.49. The molecule has 6 heteroatoms. The molecule has 2 aromatic rings. The zero-order valence-corrected chi connectivity index (χ0v) is 16.2. The number of piperidine rings is 1. The van der Waals surface area contributed by atoms with Gasteiger partial charge in [0.25, 0.3) is 0 Å². The number of aromatic nitrogens is 1. The molecule has 1 aromatic carbocycles. The first-order valence-electron chi connectivity index (χ1n) is 9.48. The number of carbonyl (C=O) groups excluding carboxylic acids is 2. The van der Waals surface area contributed by atoms with Crippen LogP contribution in [0.1, 0.15) is 43.5 Å². The van der Waals surface area contributed by atoms with Gasteiger partial charge in [-0.3, -0.25) is 9.59 Å². The molecule has 1 aliphatic rings. The first kappa shape index (κ1) is 18.8. The lowest BCUT2D eigenvalue weighted by molar-refractivity contribution is -0.132. The van der Waals surface area contributed by atoms with E-state index >= 15 is 0 Å². The van der Waals surface area contributed by atoms with Crippen molar-refractivity contribution in [1.82, 2.24) is 15.2 Å².